The summed E-state index contributed by atoms with van der Waals surface area (Å²) in [4.78, 5) is 11.7. The van der Waals surface area contributed by atoms with Crippen LogP contribution in [0.4, 0.5) is 0 Å². The van der Waals surface area contributed by atoms with Crippen molar-refractivity contribution in [1.82, 2.24) is 5.32 Å². The van der Waals surface area contributed by atoms with Gasteiger partial charge in [0.2, 0.25) is 0 Å². The number of hydrogen-bond acceptors (Lipinski definition) is 3. The van der Waals surface area contributed by atoms with Crippen LogP contribution >= 0.6 is 11.6 Å². The second kappa shape index (κ2) is 6.03. The van der Waals surface area contributed by atoms with Crippen LogP contribution in [0, 0.1) is 5.92 Å². The third-order valence-corrected chi connectivity index (χ3v) is 3.21. The lowest BCUT2D eigenvalue weighted by Gasteiger charge is -2.21. The summed E-state index contributed by atoms with van der Waals surface area (Å²) in [6, 6.07) is 6.86. The van der Waals surface area contributed by atoms with E-state index in [1.807, 2.05) is 0 Å². The minimum Gasteiger partial charge on any atom is -0.427 e. The van der Waals surface area contributed by atoms with Gasteiger partial charge in [-0.3, -0.25) is 4.79 Å². The number of ether oxygens (including phenoxy) is 1. The van der Waals surface area contributed by atoms with Crippen molar-refractivity contribution < 1.29 is 9.53 Å². The number of carbonyl (C=O) groups is 1. The van der Waals surface area contributed by atoms with Crippen LogP contribution in [0.25, 0.3) is 0 Å². The Kier molecular flexibility index (Phi) is 4.40. The van der Waals surface area contributed by atoms with E-state index in [0.717, 1.165) is 25.9 Å². The van der Waals surface area contributed by atoms with Crippen LogP contribution in [0.3, 0.4) is 0 Å². The van der Waals surface area contributed by atoms with Gasteiger partial charge >= 0.3 is 5.97 Å². The van der Waals surface area contributed by atoms with E-state index in [-0.39, 0.29) is 5.97 Å². The van der Waals surface area contributed by atoms with E-state index in [9.17, 15) is 4.79 Å². The molecule has 0 spiro atoms. The van der Waals surface area contributed by atoms with Crippen LogP contribution in [-0.2, 0) is 4.79 Å². The number of halogens is 1. The Labute approximate surface area is 106 Å². The maximum Gasteiger partial charge on any atom is 0.311 e. The lowest BCUT2D eigenvalue weighted by Crippen LogP contribution is -2.29. The first-order valence-electron chi connectivity index (χ1n) is 5.91. The molecular formula is C13H16ClNO2. The number of nitrogens with one attached hydrogen (secondary N) is 1. The van der Waals surface area contributed by atoms with Crippen molar-refractivity contribution in [3.05, 3.63) is 29.3 Å². The van der Waals surface area contributed by atoms with Crippen LogP contribution < -0.4 is 10.1 Å². The Morgan fingerprint density at radius 3 is 2.59 bits per heavy atom. The normalized spacial score (nSPS) is 16.8. The van der Waals surface area contributed by atoms with E-state index >= 15 is 0 Å². The van der Waals surface area contributed by atoms with Gasteiger partial charge in [-0.1, -0.05) is 11.6 Å². The van der Waals surface area contributed by atoms with Crippen molar-refractivity contribution in [3.8, 4) is 5.75 Å². The Bertz CT molecular complexity index is 372. The van der Waals surface area contributed by atoms with Crippen LogP contribution in [0.15, 0.2) is 24.3 Å². The minimum absolute atomic E-state index is 0.153. The van der Waals surface area contributed by atoms with E-state index in [1.54, 1.807) is 24.3 Å². The Balaban J connectivity index is 1.82. The SMILES string of the molecule is O=C(CC1CCNCC1)Oc1ccc(Cl)cc1. The van der Waals surface area contributed by atoms with E-state index in [4.69, 9.17) is 16.3 Å². The van der Waals surface area contributed by atoms with Crippen LogP contribution in [0.5, 0.6) is 5.75 Å². The summed E-state index contributed by atoms with van der Waals surface area (Å²) >= 11 is 5.76. The standard InChI is InChI=1S/C13H16ClNO2/c14-11-1-3-12(4-2-11)17-13(16)9-10-5-7-15-8-6-10/h1-4,10,15H,5-9H2. The zero-order valence-corrected chi connectivity index (χ0v) is 10.4. The van der Waals surface area contributed by atoms with Gasteiger partial charge in [0.05, 0.1) is 0 Å². The summed E-state index contributed by atoms with van der Waals surface area (Å²) in [7, 11) is 0. The first-order chi connectivity index (χ1) is 8.24. The van der Waals surface area contributed by atoms with Gasteiger partial charge in [0.25, 0.3) is 0 Å². The maximum atomic E-state index is 11.7. The minimum atomic E-state index is -0.153. The first kappa shape index (κ1) is 12.4. The maximum absolute atomic E-state index is 11.7. The molecule has 0 bridgehead atoms. The average Bonchev–Trinajstić information content (AvgIpc) is 2.33. The molecule has 4 heteroatoms. The van der Waals surface area contributed by atoms with Crippen LogP contribution in [0.2, 0.25) is 5.02 Å². The molecule has 0 radical (unpaired) electrons. The molecule has 0 aromatic heterocycles. The molecule has 0 saturated carbocycles. The van der Waals surface area contributed by atoms with Crippen molar-refractivity contribution in [2.24, 2.45) is 5.92 Å². The van der Waals surface area contributed by atoms with Gasteiger partial charge < -0.3 is 10.1 Å². The van der Waals surface area contributed by atoms with Gasteiger partial charge in [-0.15, -0.1) is 0 Å². The molecule has 92 valence electrons. The summed E-state index contributed by atoms with van der Waals surface area (Å²) in [6.45, 7) is 2.00. The van der Waals surface area contributed by atoms with Gasteiger partial charge in [0, 0.05) is 11.4 Å². The van der Waals surface area contributed by atoms with Crippen molar-refractivity contribution in [2.45, 2.75) is 19.3 Å². The molecule has 1 aromatic carbocycles. The van der Waals surface area contributed by atoms with Gasteiger partial charge in [-0.2, -0.15) is 0 Å². The molecule has 0 amide bonds. The summed E-state index contributed by atoms with van der Waals surface area (Å²) in [5.74, 6) is 0.864. The van der Waals surface area contributed by atoms with Gasteiger partial charge in [-0.05, 0) is 56.1 Å². The smallest absolute Gasteiger partial charge is 0.311 e. The Hall–Kier alpha value is -1.06. The zero-order chi connectivity index (χ0) is 12.1. The molecule has 17 heavy (non-hydrogen) atoms. The molecule has 1 aliphatic heterocycles. The first-order valence-corrected chi connectivity index (χ1v) is 6.29. The Morgan fingerprint density at radius 2 is 1.94 bits per heavy atom. The molecule has 0 atom stereocenters. The molecule has 0 unspecified atom stereocenters. The van der Waals surface area contributed by atoms with Crippen molar-refractivity contribution >= 4 is 17.6 Å². The third kappa shape index (κ3) is 4.02. The molecule has 3 nitrogen and oxygen atoms in total. The second-order valence-electron chi connectivity index (χ2n) is 4.33. The molecule has 1 fully saturated rings. The van der Waals surface area contributed by atoms with Gasteiger partial charge in [0.1, 0.15) is 5.75 Å². The highest BCUT2D eigenvalue weighted by atomic mass is 35.5. The van der Waals surface area contributed by atoms with Crippen LogP contribution in [0.1, 0.15) is 19.3 Å². The van der Waals surface area contributed by atoms with E-state index in [0.29, 0.717) is 23.1 Å². The topological polar surface area (TPSA) is 38.3 Å². The fourth-order valence-corrected chi connectivity index (χ4v) is 2.12. The molecule has 1 heterocycles. The number of esters is 1. The summed E-state index contributed by atoms with van der Waals surface area (Å²) < 4.78 is 5.25. The number of carbonyl (C=O) groups excluding carboxylic acids is 1. The van der Waals surface area contributed by atoms with Crippen molar-refractivity contribution in [2.75, 3.05) is 13.1 Å². The van der Waals surface area contributed by atoms with Crippen molar-refractivity contribution in [3.63, 3.8) is 0 Å². The van der Waals surface area contributed by atoms with Crippen LogP contribution in [-0.4, -0.2) is 19.1 Å². The van der Waals surface area contributed by atoms with E-state index < -0.39 is 0 Å². The predicted octanol–water partition coefficient (Wildman–Crippen LogP) is 2.64. The molecule has 1 N–H and O–H groups in total. The Morgan fingerprint density at radius 1 is 1.29 bits per heavy atom. The fourth-order valence-electron chi connectivity index (χ4n) is 2.00. The molecule has 1 saturated heterocycles. The van der Waals surface area contributed by atoms with E-state index in [2.05, 4.69) is 5.32 Å². The molecule has 1 aliphatic rings. The monoisotopic (exact) mass is 253 g/mol. The fraction of sp³-hybridized carbons (Fsp3) is 0.462. The highest BCUT2D eigenvalue weighted by Crippen LogP contribution is 2.19. The summed E-state index contributed by atoms with van der Waals surface area (Å²) in [5.41, 5.74) is 0. The predicted molar refractivity (Wildman–Crippen MR) is 67.3 cm³/mol. The largest absolute Gasteiger partial charge is 0.427 e. The van der Waals surface area contributed by atoms with Crippen molar-refractivity contribution in [1.29, 1.82) is 0 Å². The van der Waals surface area contributed by atoms with Gasteiger partial charge in [0.15, 0.2) is 0 Å². The highest BCUT2D eigenvalue weighted by molar-refractivity contribution is 6.30. The molecular weight excluding hydrogens is 238 g/mol. The molecule has 0 aliphatic carbocycles. The number of rotatable bonds is 3. The zero-order valence-electron chi connectivity index (χ0n) is 9.62. The number of piperidine rings is 1. The third-order valence-electron chi connectivity index (χ3n) is 2.96. The number of hydrogen-bond donors (Lipinski definition) is 1. The lowest BCUT2D eigenvalue weighted by molar-refractivity contribution is -0.135. The average molecular weight is 254 g/mol. The summed E-state index contributed by atoms with van der Waals surface area (Å²) in [6.07, 6.45) is 2.61. The highest BCUT2D eigenvalue weighted by Gasteiger charge is 2.17. The summed E-state index contributed by atoms with van der Waals surface area (Å²) in [5, 5.41) is 3.92. The molecule has 2 rings (SSSR count). The lowest BCUT2D eigenvalue weighted by atomic mass is 9.95. The quantitative estimate of drug-likeness (QED) is 0.665. The number of benzene rings is 1. The molecule has 1 aromatic rings. The van der Waals surface area contributed by atoms with Gasteiger partial charge in [-0.25, -0.2) is 0 Å². The van der Waals surface area contributed by atoms with E-state index in [1.165, 1.54) is 0 Å². The second-order valence-corrected chi connectivity index (χ2v) is 4.76.